The Balaban J connectivity index is 1.45. The van der Waals surface area contributed by atoms with Crippen LogP contribution >= 0.6 is 0 Å². The first-order chi connectivity index (χ1) is 9.85. The summed E-state index contributed by atoms with van der Waals surface area (Å²) >= 11 is 0. The summed E-state index contributed by atoms with van der Waals surface area (Å²) in [5, 5.41) is 1.22. The molecule has 1 fully saturated rings. The van der Waals surface area contributed by atoms with E-state index in [1.807, 2.05) is 12.3 Å². The van der Waals surface area contributed by atoms with Crippen LogP contribution in [0.4, 0.5) is 0 Å². The molecule has 1 aliphatic rings. The Hall–Kier alpha value is -1.52. The Labute approximate surface area is 119 Å². The molecule has 0 bridgehead atoms. The summed E-state index contributed by atoms with van der Waals surface area (Å²) in [5.41, 5.74) is 6.85. The van der Waals surface area contributed by atoms with Crippen molar-refractivity contribution in [2.45, 2.75) is 12.8 Å². The van der Waals surface area contributed by atoms with E-state index in [0.717, 1.165) is 50.0 Å². The molecule has 2 aromatic rings. The van der Waals surface area contributed by atoms with Gasteiger partial charge in [-0.1, -0.05) is 0 Å². The number of H-pyrrole nitrogens is 1. The second-order valence-electron chi connectivity index (χ2n) is 5.60. The van der Waals surface area contributed by atoms with Crippen molar-refractivity contribution >= 4 is 10.9 Å². The summed E-state index contributed by atoms with van der Waals surface area (Å²) in [4.78, 5) is 5.68. The van der Waals surface area contributed by atoms with Crippen LogP contribution in [0.3, 0.4) is 0 Å². The van der Waals surface area contributed by atoms with Gasteiger partial charge in [-0.3, -0.25) is 4.90 Å². The summed E-state index contributed by atoms with van der Waals surface area (Å²) in [7, 11) is 0. The molecule has 0 amide bonds. The maximum Gasteiger partial charge on any atom is 0.121 e. The zero-order chi connectivity index (χ0) is 13.8. The number of fused-ring (bicyclic) bond motifs is 1. The van der Waals surface area contributed by atoms with Gasteiger partial charge in [-0.05, 0) is 62.0 Å². The van der Waals surface area contributed by atoms with Crippen molar-refractivity contribution in [1.29, 1.82) is 0 Å². The highest BCUT2D eigenvalue weighted by Gasteiger charge is 2.17. The number of nitrogens with one attached hydrogen (secondary N) is 1. The van der Waals surface area contributed by atoms with Crippen molar-refractivity contribution in [3.05, 3.63) is 30.5 Å². The SMILES string of the molecule is NCC1CCN(CCOc2ccc3cc[nH]c3c2)CC1. The normalized spacial score (nSPS) is 17.6. The van der Waals surface area contributed by atoms with E-state index in [2.05, 4.69) is 28.1 Å². The molecule has 0 radical (unpaired) electrons. The number of hydrogen-bond donors (Lipinski definition) is 2. The third kappa shape index (κ3) is 3.14. The molecule has 0 aliphatic carbocycles. The Bertz CT molecular complexity index is 543. The third-order valence-electron chi connectivity index (χ3n) is 4.24. The largest absolute Gasteiger partial charge is 0.492 e. The number of ether oxygens (including phenoxy) is 1. The van der Waals surface area contributed by atoms with Gasteiger partial charge in [0.15, 0.2) is 0 Å². The van der Waals surface area contributed by atoms with Crippen LogP contribution in [0.25, 0.3) is 10.9 Å². The molecule has 2 heterocycles. The van der Waals surface area contributed by atoms with Gasteiger partial charge in [0, 0.05) is 24.3 Å². The number of rotatable bonds is 5. The number of piperidine rings is 1. The van der Waals surface area contributed by atoms with Crippen LogP contribution < -0.4 is 10.5 Å². The highest BCUT2D eigenvalue weighted by Crippen LogP contribution is 2.20. The lowest BCUT2D eigenvalue weighted by molar-refractivity contribution is 0.157. The van der Waals surface area contributed by atoms with Gasteiger partial charge < -0.3 is 15.5 Å². The van der Waals surface area contributed by atoms with Gasteiger partial charge in [0.2, 0.25) is 0 Å². The number of nitrogens with zero attached hydrogens (tertiary/aromatic N) is 1. The van der Waals surface area contributed by atoms with Crippen molar-refractivity contribution in [2.75, 3.05) is 32.8 Å². The molecule has 4 nitrogen and oxygen atoms in total. The van der Waals surface area contributed by atoms with Crippen LogP contribution in [-0.2, 0) is 0 Å². The lowest BCUT2D eigenvalue weighted by Gasteiger charge is -2.31. The van der Waals surface area contributed by atoms with Gasteiger partial charge in [-0.25, -0.2) is 0 Å². The number of nitrogens with two attached hydrogens (primary N) is 1. The van der Waals surface area contributed by atoms with Crippen molar-refractivity contribution in [3.63, 3.8) is 0 Å². The molecule has 0 spiro atoms. The molecule has 108 valence electrons. The van der Waals surface area contributed by atoms with Gasteiger partial charge in [0.25, 0.3) is 0 Å². The standard InChI is InChI=1S/C16H23N3O/c17-12-13-4-7-19(8-5-13)9-10-20-15-2-1-14-3-6-18-16(14)11-15/h1-3,6,11,13,18H,4-5,7-10,12,17H2. The second-order valence-corrected chi connectivity index (χ2v) is 5.60. The number of likely N-dealkylation sites (tertiary alicyclic amines) is 1. The highest BCUT2D eigenvalue weighted by molar-refractivity contribution is 5.80. The van der Waals surface area contributed by atoms with Crippen LogP contribution in [-0.4, -0.2) is 42.7 Å². The fourth-order valence-corrected chi connectivity index (χ4v) is 2.86. The monoisotopic (exact) mass is 273 g/mol. The van der Waals surface area contributed by atoms with Crippen LogP contribution in [0.1, 0.15) is 12.8 Å². The van der Waals surface area contributed by atoms with E-state index in [1.165, 1.54) is 18.2 Å². The minimum absolute atomic E-state index is 0.724. The summed E-state index contributed by atoms with van der Waals surface area (Å²) in [6.07, 6.45) is 4.41. The van der Waals surface area contributed by atoms with Crippen molar-refractivity contribution in [2.24, 2.45) is 11.7 Å². The molecule has 0 saturated carbocycles. The molecule has 1 aromatic heterocycles. The zero-order valence-electron chi connectivity index (χ0n) is 11.8. The zero-order valence-corrected chi connectivity index (χ0v) is 11.8. The topological polar surface area (TPSA) is 54.3 Å². The summed E-state index contributed by atoms with van der Waals surface area (Å²) in [6.45, 7) is 4.89. The van der Waals surface area contributed by atoms with Gasteiger partial charge in [-0.15, -0.1) is 0 Å². The summed E-state index contributed by atoms with van der Waals surface area (Å²) in [6, 6.07) is 8.27. The van der Waals surface area contributed by atoms with Gasteiger partial charge in [-0.2, -0.15) is 0 Å². The van der Waals surface area contributed by atoms with Gasteiger partial charge in [0.1, 0.15) is 12.4 Å². The predicted octanol–water partition coefficient (Wildman–Crippen LogP) is 2.22. The first-order valence-corrected chi connectivity index (χ1v) is 7.47. The van der Waals surface area contributed by atoms with Gasteiger partial charge >= 0.3 is 0 Å². The van der Waals surface area contributed by atoms with E-state index in [4.69, 9.17) is 10.5 Å². The molecular weight excluding hydrogens is 250 g/mol. The lowest BCUT2D eigenvalue weighted by atomic mass is 9.97. The van der Waals surface area contributed by atoms with E-state index in [1.54, 1.807) is 0 Å². The molecule has 20 heavy (non-hydrogen) atoms. The number of aromatic amines is 1. The number of aromatic nitrogens is 1. The Morgan fingerprint density at radius 2 is 2.10 bits per heavy atom. The first-order valence-electron chi connectivity index (χ1n) is 7.47. The molecule has 1 saturated heterocycles. The molecule has 4 heteroatoms. The second kappa shape index (κ2) is 6.29. The molecule has 0 atom stereocenters. The fourth-order valence-electron chi connectivity index (χ4n) is 2.86. The van der Waals surface area contributed by atoms with Crippen LogP contribution in [0, 0.1) is 5.92 Å². The maximum atomic E-state index is 5.85. The van der Waals surface area contributed by atoms with Crippen LogP contribution in [0.15, 0.2) is 30.5 Å². The lowest BCUT2D eigenvalue weighted by Crippen LogP contribution is -2.38. The van der Waals surface area contributed by atoms with E-state index in [0.29, 0.717) is 0 Å². The fraction of sp³-hybridized carbons (Fsp3) is 0.500. The average molecular weight is 273 g/mol. The van der Waals surface area contributed by atoms with E-state index in [9.17, 15) is 0 Å². The molecule has 1 aromatic carbocycles. The van der Waals surface area contributed by atoms with E-state index >= 15 is 0 Å². The van der Waals surface area contributed by atoms with Crippen molar-refractivity contribution in [1.82, 2.24) is 9.88 Å². The molecule has 3 N–H and O–H groups in total. The van der Waals surface area contributed by atoms with Crippen molar-refractivity contribution < 1.29 is 4.74 Å². The number of benzene rings is 1. The Morgan fingerprint density at radius 1 is 1.25 bits per heavy atom. The van der Waals surface area contributed by atoms with Crippen molar-refractivity contribution in [3.8, 4) is 5.75 Å². The molecular formula is C16H23N3O. The third-order valence-corrected chi connectivity index (χ3v) is 4.24. The van der Waals surface area contributed by atoms with E-state index in [-0.39, 0.29) is 0 Å². The maximum absolute atomic E-state index is 5.85. The highest BCUT2D eigenvalue weighted by atomic mass is 16.5. The predicted molar refractivity (Wildman–Crippen MR) is 82.0 cm³/mol. The minimum atomic E-state index is 0.724. The van der Waals surface area contributed by atoms with Crippen LogP contribution in [0.2, 0.25) is 0 Å². The van der Waals surface area contributed by atoms with Gasteiger partial charge in [0.05, 0.1) is 0 Å². The first kappa shape index (κ1) is 13.5. The number of hydrogen-bond acceptors (Lipinski definition) is 3. The average Bonchev–Trinajstić information content (AvgIpc) is 2.95. The molecule has 0 unspecified atom stereocenters. The smallest absolute Gasteiger partial charge is 0.121 e. The molecule has 3 rings (SSSR count). The van der Waals surface area contributed by atoms with Crippen LogP contribution in [0.5, 0.6) is 5.75 Å². The summed E-state index contributed by atoms with van der Waals surface area (Å²) in [5.74, 6) is 1.67. The minimum Gasteiger partial charge on any atom is -0.492 e. The quantitative estimate of drug-likeness (QED) is 0.878. The Morgan fingerprint density at radius 3 is 2.90 bits per heavy atom. The van der Waals surface area contributed by atoms with E-state index < -0.39 is 0 Å². The Kier molecular flexibility index (Phi) is 4.23. The summed E-state index contributed by atoms with van der Waals surface area (Å²) < 4.78 is 5.85. The molecule has 1 aliphatic heterocycles.